The van der Waals surface area contributed by atoms with E-state index in [-0.39, 0.29) is 17.7 Å². The van der Waals surface area contributed by atoms with Crippen LogP contribution < -0.4 is 20.7 Å². The quantitative estimate of drug-likeness (QED) is 0.0863. The maximum atomic E-state index is 12.9. The number of Topliss-reactive ketones (excluding diaryl/α,β-unsaturated/α-hetero) is 1. The van der Waals surface area contributed by atoms with Crippen LogP contribution >= 0.6 is 0 Å². The zero-order chi connectivity index (χ0) is 29.4. The van der Waals surface area contributed by atoms with Gasteiger partial charge in [0.2, 0.25) is 0 Å². The summed E-state index contributed by atoms with van der Waals surface area (Å²) >= 11 is 0. The number of aliphatic imine (C=N–C) groups is 1. The minimum atomic E-state index is -0.0916. The van der Waals surface area contributed by atoms with Crippen molar-refractivity contribution in [2.75, 3.05) is 25.0 Å². The van der Waals surface area contributed by atoms with Crippen LogP contribution in [0.25, 0.3) is 0 Å². The number of rotatable bonds is 16. The topological polar surface area (TPSA) is 74.8 Å². The van der Waals surface area contributed by atoms with Crippen molar-refractivity contribution in [1.29, 1.82) is 0 Å². The Hall–Kier alpha value is -2.60. The van der Waals surface area contributed by atoms with Crippen molar-refractivity contribution < 1.29 is 9.53 Å². The van der Waals surface area contributed by atoms with E-state index < -0.39 is 0 Å². The summed E-state index contributed by atoms with van der Waals surface area (Å²) in [5.74, 6) is 2.87. The molecular formula is C33H56N4O2. The lowest BCUT2D eigenvalue weighted by molar-refractivity contribution is -0.117. The molecular weight excluding hydrogens is 484 g/mol. The van der Waals surface area contributed by atoms with Gasteiger partial charge in [-0.25, -0.2) is 0 Å². The maximum absolute atomic E-state index is 12.9. The van der Waals surface area contributed by atoms with Gasteiger partial charge in [0.15, 0.2) is 5.78 Å². The standard InChI is InChI=1S/C31H50N4O2.C2H6/c1-9-12-24(19-32-17-10-2)20-37-28-18-26(14-13-23(28)8)34-30(22(6)7)35-31(33-25-15-16-25)27(11-3)29(36)21(4)5;1-2/h11,13-14,18,21,24-25,32,34H,9-10,12,15-17,19-20H2,1-8H3,(H,33,35);1-2H3/b27-11-;/t24-;/m1./s1. The summed E-state index contributed by atoms with van der Waals surface area (Å²) in [6.45, 7) is 23.1. The van der Waals surface area contributed by atoms with Crippen molar-refractivity contribution in [1.82, 2.24) is 10.6 Å². The number of ketones is 1. The molecule has 6 heteroatoms. The van der Waals surface area contributed by atoms with Gasteiger partial charge in [0.1, 0.15) is 17.4 Å². The van der Waals surface area contributed by atoms with Crippen LogP contribution in [0.3, 0.4) is 0 Å². The third-order valence-electron chi connectivity index (χ3n) is 6.42. The zero-order valence-corrected chi connectivity index (χ0v) is 26.5. The molecule has 0 aliphatic heterocycles. The molecule has 6 nitrogen and oxygen atoms in total. The van der Waals surface area contributed by atoms with Gasteiger partial charge in [-0.05, 0) is 77.1 Å². The second-order valence-corrected chi connectivity index (χ2v) is 10.7. The SMILES string of the molecule is C/C=C(/C(=O)C(C)C)C(=NC1CC1)NC(Nc1ccc(C)c(OC[C@H](CCC)CNCCC)c1)=C(C)C.CC. The first-order valence-electron chi connectivity index (χ1n) is 15.1. The van der Waals surface area contributed by atoms with Gasteiger partial charge in [0.05, 0.1) is 18.2 Å². The van der Waals surface area contributed by atoms with E-state index in [1.54, 1.807) is 0 Å². The number of aryl methyl sites for hydroxylation is 1. The van der Waals surface area contributed by atoms with Gasteiger partial charge in [-0.1, -0.05) is 60.1 Å². The van der Waals surface area contributed by atoms with Gasteiger partial charge in [-0.3, -0.25) is 9.79 Å². The molecule has 0 heterocycles. The molecule has 0 amide bonds. The predicted molar refractivity (Wildman–Crippen MR) is 169 cm³/mol. The van der Waals surface area contributed by atoms with E-state index in [1.807, 2.05) is 54.5 Å². The van der Waals surface area contributed by atoms with Gasteiger partial charge < -0.3 is 20.7 Å². The van der Waals surface area contributed by atoms with Crippen molar-refractivity contribution in [2.45, 2.75) is 107 Å². The summed E-state index contributed by atoms with van der Waals surface area (Å²) in [6, 6.07) is 6.50. The van der Waals surface area contributed by atoms with Crippen LogP contribution in [-0.4, -0.2) is 37.4 Å². The Balaban J connectivity index is 0.00000371. The van der Waals surface area contributed by atoms with Crippen molar-refractivity contribution >= 4 is 17.3 Å². The number of benzene rings is 1. The molecule has 1 aliphatic carbocycles. The summed E-state index contributed by atoms with van der Waals surface area (Å²) in [5.41, 5.74) is 3.77. The lowest BCUT2D eigenvalue weighted by atomic mass is 10.00. The van der Waals surface area contributed by atoms with Crippen LogP contribution in [0.2, 0.25) is 0 Å². The monoisotopic (exact) mass is 540 g/mol. The smallest absolute Gasteiger partial charge is 0.168 e. The van der Waals surface area contributed by atoms with Gasteiger partial charge in [-0.15, -0.1) is 0 Å². The number of hydrogen-bond acceptors (Lipinski definition) is 5. The number of ether oxygens (including phenoxy) is 1. The minimum absolute atomic E-state index is 0.0916. The van der Waals surface area contributed by atoms with E-state index >= 15 is 0 Å². The van der Waals surface area contributed by atoms with Crippen LogP contribution in [0, 0.1) is 18.8 Å². The van der Waals surface area contributed by atoms with E-state index in [4.69, 9.17) is 9.73 Å². The number of hydrogen-bond donors (Lipinski definition) is 3. The Bertz CT molecular complexity index is 970. The van der Waals surface area contributed by atoms with Gasteiger partial charge in [-0.2, -0.15) is 0 Å². The molecule has 1 aromatic carbocycles. The van der Waals surface area contributed by atoms with E-state index in [0.717, 1.165) is 73.6 Å². The lowest BCUT2D eigenvalue weighted by Crippen LogP contribution is -2.33. The largest absolute Gasteiger partial charge is 0.493 e. The molecule has 2 rings (SSSR count). The molecule has 1 aliphatic rings. The van der Waals surface area contributed by atoms with Crippen molar-refractivity contribution in [2.24, 2.45) is 16.8 Å². The molecule has 0 aromatic heterocycles. The van der Waals surface area contributed by atoms with Crippen LogP contribution in [0.15, 0.2) is 46.2 Å². The predicted octanol–water partition coefficient (Wildman–Crippen LogP) is 7.80. The summed E-state index contributed by atoms with van der Waals surface area (Å²) in [5, 5.41) is 10.5. The molecule has 0 bridgehead atoms. The molecule has 220 valence electrons. The fourth-order valence-electron chi connectivity index (χ4n) is 3.98. The number of allylic oxidation sites excluding steroid dienone is 2. The first kappa shape index (κ1) is 34.4. The number of nitrogens with one attached hydrogen (secondary N) is 3. The molecule has 0 spiro atoms. The van der Waals surface area contributed by atoms with Crippen molar-refractivity contribution in [3.63, 3.8) is 0 Å². The van der Waals surface area contributed by atoms with Gasteiger partial charge in [0, 0.05) is 30.1 Å². The molecule has 1 aromatic rings. The van der Waals surface area contributed by atoms with Crippen LogP contribution in [-0.2, 0) is 4.79 Å². The van der Waals surface area contributed by atoms with Crippen LogP contribution in [0.1, 0.15) is 100.0 Å². The fraction of sp³-hybridized carbons (Fsp3) is 0.636. The Morgan fingerprint density at radius 3 is 2.38 bits per heavy atom. The molecule has 1 atom stereocenters. The Labute approximate surface area is 239 Å². The second kappa shape index (κ2) is 18.6. The fourth-order valence-corrected chi connectivity index (χ4v) is 3.98. The van der Waals surface area contributed by atoms with E-state index in [0.29, 0.717) is 23.9 Å². The highest BCUT2D eigenvalue weighted by atomic mass is 16.5. The molecule has 1 fully saturated rings. The van der Waals surface area contributed by atoms with Gasteiger partial charge in [0.25, 0.3) is 0 Å². The Morgan fingerprint density at radius 2 is 1.85 bits per heavy atom. The first-order chi connectivity index (χ1) is 18.7. The van der Waals surface area contributed by atoms with Crippen molar-refractivity contribution in [3.8, 4) is 5.75 Å². The number of amidine groups is 1. The third-order valence-corrected chi connectivity index (χ3v) is 6.42. The maximum Gasteiger partial charge on any atom is 0.168 e. The summed E-state index contributed by atoms with van der Waals surface area (Å²) < 4.78 is 6.33. The van der Waals surface area contributed by atoms with Crippen LogP contribution in [0.4, 0.5) is 5.69 Å². The second-order valence-electron chi connectivity index (χ2n) is 10.7. The average molecular weight is 541 g/mol. The Kier molecular flexibility index (Phi) is 16.5. The minimum Gasteiger partial charge on any atom is -0.493 e. The molecule has 3 N–H and O–H groups in total. The van der Waals surface area contributed by atoms with E-state index in [9.17, 15) is 4.79 Å². The highest BCUT2D eigenvalue weighted by molar-refractivity contribution is 6.22. The number of nitrogens with zero attached hydrogens (tertiary/aromatic N) is 1. The van der Waals surface area contributed by atoms with E-state index in [1.165, 1.54) is 0 Å². The summed E-state index contributed by atoms with van der Waals surface area (Å²) in [6.07, 6.45) is 7.45. The highest BCUT2D eigenvalue weighted by Gasteiger charge is 2.25. The average Bonchev–Trinajstić information content (AvgIpc) is 3.73. The molecule has 1 saturated carbocycles. The lowest BCUT2D eigenvalue weighted by Gasteiger charge is -2.21. The number of carbonyl (C=O) groups excluding carboxylic acids is 1. The molecule has 0 unspecified atom stereocenters. The van der Waals surface area contributed by atoms with E-state index in [2.05, 4.69) is 54.9 Å². The first-order valence-corrected chi connectivity index (χ1v) is 15.1. The number of carbonyl (C=O) groups is 1. The Morgan fingerprint density at radius 1 is 1.15 bits per heavy atom. The molecule has 0 saturated heterocycles. The molecule has 39 heavy (non-hydrogen) atoms. The van der Waals surface area contributed by atoms with Crippen molar-refractivity contribution in [3.05, 3.63) is 46.8 Å². The molecule has 0 radical (unpaired) electrons. The highest BCUT2D eigenvalue weighted by Crippen LogP contribution is 2.27. The normalized spacial score (nSPS) is 14.3. The van der Waals surface area contributed by atoms with Crippen LogP contribution in [0.5, 0.6) is 5.75 Å². The van der Waals surface area contributed by atoms with Gasteiger partial charge >= 0.3 is 0 Å². The third kappa shape index (κ3) is 12.4. The zero-order valence-electron chi connectivity index (χ0n) is 26.5. The number of anilines is 1. The summed E-state index contributed by atoms with van der Waals surface area (Å²) in [7, 11) is 0. The summed E-state index contributed by atoms with van der Waals surface area (Å²) in [4.78, 5) is 17.8.